The molecule has 0 aliphatic heterocycles. The van der Waals surface area contributed by atoms with E-state index in [1.165, 1.54) is 0 Å². The summed E-state index contributed by atoms with van der Waals surface area (Å²) in [5.74, 6) is 0. The first-order valence-corrected chi connectivity index (χ1v) is 1.83. The van der Waals surface area contributed by atoms with Crippen molar-refractivity contribution in [1.82, 2.24) is 0 Å². The summed E-state index contributed by atoms with van der Waals surface area (Å²) in [4.78, 5) is 9.41. The van der Waals surface area contributed by atoms with E-state index < -0.39 is 0 Å². The van der Waals surface area contributed by atoms with E-state index in [1.807, 2.05) is 0 Å². The molecule has 50 valence electrons. The van der Waals surface area contributed by atoms with Crippen LogP contribution in [0.5, 0.6) is 0 Å². The summed E-state index contributed by atoms with van der Waals surface area (Å²) in [5, 5.41) is 7.00. The number of aldehydes is 1. The zero-order valence-electron chi connectivity index (χ0n) is 5.14. The Morgan fingerprint density at radius 1 is 1.62 bits per heavy atom. The van der Waals surface area contributed by atoms with Crippen LogP contribution in [0.1, 0.15) is 6.92 Å². The highest BCUT2D eigenvalue weighted by molar-refractivity contribution is 5.70. The van der Waals surface area contributed by atoms with E-state index in [0.717, 1.165) is 13.4 Å². The molecule has 0 aliphatic rings. The minimum atomic E-state index is 0. The van der Waals surface area contributed by atoms with Crippen LogP contribution in [0.25, 0.3) is 0 Å². The standard InChI is InChI=1S/C4H6O.CH4O.H2O/c1-4(2)3-5;1-2;/h3H,1H2,2H3;2H,1H3;1H2. The third kappa shape index (κ3) is 56.5. The average molecular weight is 120 g/mol. The Labute approximate surface area is 49.0 Å². The van der Waals surface area contributed by atoms with Crippen molar-refractivity contribution in [1.29, 1.82) is 0 Å². The van der Waals surface area contributed by atoms with Gasteiger partial charge in [0.1, 0.15) is 6.29 Å². The maximum Gasteiger partial charge on any atom is 0.145 e. The van der Waals surface area contributed by atoms with Crippen LogP contribution in [0.4, 0.5) is 0 Å². The third-order valence-electron chi connectivity index (χ3n) is 0.201. The Bertz CT molecular complexity index is 58.7. The minimum Gasteiger partial charge on any atom is -0.412 e. The maximum atomic E-state index is 9.41. The maximum absolute atomic E-state index is 9.41. The minimum absolute atomic E-state index is 0. The molecule has 8 heavy (non-hydrogen) atoms. The molecule has 0 aromatic carbocycles. The normalized spacial score (nSPS) is 4.88. The lowest BCUT2D eigenvalue weighted by molar-refractivity contribution is -0.104. The van der Waals surface area contributed by atoms with E-state index in [1.54, 1.807) is 6.92 Å². The van der Waals surface area contributed by atoms with Gasteiger partial charge in [-0.3, -0.25) is 4.79 Å². The summed E-state index contributed by atoms with van der Waals surface area (Å²) in [7, 11) is 1.00. The van der Waals surface area contributed by atoms with Gasteiger partial charge in [0.15, 0.2) is 0 Å². The number of allylic oxidation sites excluding steroid dienone is 1. The third-order valence-corrected chi connectivity index (χ3v) is 0.201. The molecule has 0 saturated heterocycles. The van der Waals surface area contributed by atoms with E-state index in [-0.39, 0.29) is 5.48 Å². The molecular formula is C5H12O3. The molecule has 0 amide bonds. The second-order valence-corrected chi connectivity index (χ2v) is 0.964. The van der Waals surface area contributed by atoms with Gasteiger partial charge in [-0.2, -0.15) is 0 Å². The van der Waals surface area contributed by atoms with Crippen molar-refractivity contribution in [3.63, 3.8) is 0 Å². The Morgan fingerprint density at radius 3 is 1.75 bits per heavy atom. The van der Waals surface area contributed by atoms with Crippen LogP contribution in [-0.2, 0) is 4.79 Å². The van der Waals surface area contributed by atoms with Crippen molar-refractivity contribution in [2.24, 2.45) is 0 Å². The number of hydrogen-bond acceptors (Lipinski definition) is 2. The number of rotatable bonds is 1. The van der Waals surface area contributed by atoms with E-state index >= 15 is 0 Å². The fourth-order valence-corrected chi connectivity index (χ4v) is 0. The number of carbonyl (C=O) groups is 1. The average Bonchev–Trinajstić information content (AvgIpc) is 1.73. The second kappa shape index (κ2) is 16.2. The van der Waals surface area contributed by atoms with Gasteiger partial charge >= 0.3 is 0 Å². The van der Waals surface area contributed by atoms with Gasteiger partial charge in [0.05, 0.1) is 0 Å². The summed E-state index contributed by atoms with van der Waals surface area (Å²) >= 11 is 0. The van der Waals surface area contributed by atoms with E-state index in [0.29, 0.717) is 5.57 Å². The molecule has 0 spiro atoms. The van der Waals surface area contributed by atoms with E-state index in [9.17, 15) is 4.79 Å². The van der Waals surface area contributed by atoms with Crippen molar-refractivity contribution in [3.05, 3.63) is 12.2 Å². The first-order chi connectivity index (χ1) is 3.27. The largest absolute Gasteiger partial charge is 0.412 e. The smallest absolute Gasteiger partial charge is 0.145 e. The zero-order chi connectivity index (χ0) is 6.28. The number of hydrogen-bond donors (Lipinski definition) is 1. The fraction of sp³-hybridized carbons (Fsp3) is 0.400. The van der Waals surface area contributed by atoms with Gasteiger partial charge in [0.2, 0.25) is 0 Å². The summed E-state index contributed by atoms with van der Waals surface area (Å²) in [6, 6.07) is 0. The highest BCUT2D eigenvalue weighted by atomic mass is 16.2. The summed E-state index contributed by atoms with van der Waals surface area (Å²) in [5.41, 5.74) is 0.574. The molecule has 3 heteroatoms. The van der Waals surface area contributed by atoms with Gasteiger partial charge in [-0.15, -0.1) is 0 Å². The van der Waals surface area contributed by atoms with Crippen LogP contribution in [0.3, 0.4) is 0 Å². The van der Waals surface area contributed by atoms with Gasteiger partial charge in [-0.25, -0.2) is 0 Å². The van der Waals surface area contributed by atoms with Gasteiger partial charge in [-0.05, 0) is 12.5 Å². The van der Waals surface area contributed by atoms with Gasteiger partial charge in [0, 0.05) is 7.11 Å². The Hall–Kier alpha value is -0.670. The molecule has 3 nitrogen and oxygen atoms in total. The summed E-state index contributed by atoms with van der Waals surface area (Å²) in [6.07, 6.45) is 0.722. The molecule has 3 N–H and O–H groups in total. The van der Waals surface area contributed by atoms with Crippen molar-refractivity contribution in [2.75, 3.05) is 7.11 Å². The fourth-order valence-electron chi connectivity index (χ4n) is 0. The molecule has 0 aliphatic carbocycles. The van der Waals surface area contributed by atoms with Crippen molar-refractivity contribution >= 4 is 6.29 Å². The van der Waals surface area contributed by atoms with Crippen LogP contribution in [0.15, 0.2) is 12.2 Å². The predicted octanol–water partition coefficient (Wildman–Crippen LogP) is -0.455. The molecule has 0 rings (SSSR count). The predicted molar refractivity (Wildman–Crippen MR) is 32.6 cm³/mol. The summed E-state index contributed by atoms with van der Waals surface area (Å²) < 4.78 is 0. The highest BCUT2D eigenvalue weighted by Crippen LogP contribution is 1.70. The first-order valence-electron chi connectivity index (χ1n) is 1.83. The van der Waals surface area contributed by atoms with Crippen LogP contribution < -0.4 is 0 Å². The van der Waals surface area contributed by atoms with E-state index in [2.05, 4.69) is 6.58 Å². The molecule has 0 saturated carbocycles. The molecule has 0 aromatic heterocycles. The molecule has 0 atom stereocenters. The number of aliphatic hydroxyl groups excluding tert-OH is 1. The molecular weight excluding hydrogens is 108 g/mol. The lowest BCUT2D eigenvalue weighted by Gasteiger charge is -1.65. The number of carbonyl (C=O) groups excluding carboxylic acids is 1. The lowest BCUT2D eigenvalue weighted by atomic mass is 10.4. The Balaban J connectivity index is -0.0000000750. The van der Waals surface area contributed by atoms with Crippen LogP contribution >= 0.6 is 0 Å². The lowest BCUT2D eigenvalue weighted by Crippen LogP contribution is -1.65. The van der Waals surface area contributed by atoms with Gasteiger partial charge in [0.25, 0.3) is 0 Å². The molecule has 0 bridgehead atoms. The van der Waals surface area contributed by atoms with Crippen molar-refractivity contribution in [3.8, 4) is 0 Å². The SMILES string of the molecule is C=C(C)C=O.CO.O. The topological polar surface area (TPSA) is 68.8 Å². The Kier molecular flexibility index (Phi) is 31.8. The molecule has 0 aromatic rings. The zero-order valence-corrected chi connectivity index (χ0v) is 5.14. The molecule has 0 radical (unpaired) electrons. The molecule has 0 heterocycles. The van der Waals surface area contributed by atoms with E-state index in [4.69, 9.17) is 5.11 Å². The van der Waals surface area contributed by atoms with Crippen LogP contribution in [-0.4, -0.2) is 24.0 Å². The summed E-state index contributed by atoms with van der Waals surface area (Å²) in [6.45, 7) is 4.97. The monoisotopic (exact) mass is 120 g/mol. The van der Waals surface area contributed by atoms with Gasteiger partial charge in [-0.1, -0.05) is 6.58 Å². The van der Waals surface area contributed by atoms with Crippen molar-refractivity contribution < 1.29 is 15.4 Å². The number of aliphatic hydroxyl groups is 1. The molecule has 0 fully saturated rings. The van der Waals surface area contributed by atoms with Gasteiger partial charge < -0.3 is 10.6 Å². The first kappa shape index (κ1) is 15.7. The second-order valence-electron chi connectivity index (χ2n) is 0.964. The van der Waals surface area contributed by atoms with Crippen LogP contribution in [0, 0.1) is 0 Å². The quantitative estimate of drug-likeness (QED) is 0.376. The highest BCUT2D eigenvalue weighted by Gasteiger charge is 1.66. The van der Waals surface area contributed by atoms with Crippen molar-refractivity contribution in [2.45, 2.75) is 6.92 Å². The van der Waals surface area contributed by atoms with Crippen LogP contribution in [0.2, 0.25) is 0 Å². The Morgan fingerprint density at radius 2 is 1.75 bits per heavy atom. The molecule has 0 unspecified atom stereocenters.